The van der Waals surface area contributed by atoms with Crippen LogP contribution in [0.1, 0.15) is 22.9 Å². The van der Waals surface area contributed by atoms with Crippen molar-refractivity contribution in [3.8, 4) is 0 Å². The van der Waals surface area contributed by atoms with Crippen LogP contribution in [-0.4, -0.2) is 7.05 Å². The summed E-state index contributed by atoms with van der Waals surface area (Å²) < 4.78 is 6.32. The number of benzene rings is 1. The number of hydrogen-bond donors (Lipinski definition) is 1. The summed E-state index contributed by atoms with van der Waals surface area (Å²) in [7, 11) is 1.91. The Hall–Kier alpha value is -0.770. The van der Waals surface area contributed by atoms with Crippen LogP contribution < -0.4 is 5.32 Å². The van der Waals surface area contributed by atoms with Crippen molar-refractivity contribution in [2.45, 2.75) is 13.0 Å². The quantitative estimate of drug-likeness (QED) is 0.913. The first-order valence-corrected chi connectivity index (χ1v) is 6.47. The van der Waals surface area contributed by atoms with E-state index in [1.165, 1.54) is 0 Å². The van der Waals surface area contributed by atoms with Crippen molar-refractivity contribution >= 4 is 27.5 Å². The zero-order valence-corrected chi connectivity index (χ0v) is 12.0. The first-order chi connectivity index (χ1) is 8.11. The van der Waals surface area contributed by atoms with E-state index in [0.29, 0.717) is 0 Å². The average molecular weight is 315 g/mol. The zero-order valence-electron chi connectivity index (χ0n) is 9.63. The molecule has 0 amide bonds. The Kier molecular flexibility index (Phi) is 3.92. The predicted octanol–water partition coefficient (Wildman–Crippen LogP) is 4.31. The molecule has 0 radical (unpaired) electrons. The number of rotatable bonds is 3. The van der Waals surface area contributed by atoms with E-state index >= 15 is 0 Å². The van der Waals surface area contributed by atoms with Crippen molar-refractivity contribution < 1.29 is 4.42 Å². The van der Waals surface area contributed by atoms with Gasteiger partial charge in [0.25, 0.3) is 0 Å². The molecule has 1 unspecified atom stereocenters. The summed E-state index contributed by atoms with van der Waals surface area (Å²) in [4.78, 5) is 0. The van der Waals surface area contributed by atoms with Gasteiger partial charge < -0.3 is 9.73 Å². The Morgan fingerprint density at radius 3 is 2.59 bits per heavy atom. The van der Waals surface area contributed by atoms with E-state index < -0.39 is 0 Å². The fourth-order valence-corrected chi connectivity index (χ4v) is 2.24. The van der Waals surface area contributed by atoms with Crippen LogP contribution in [0.4, 0.5) is 0 Å². The van der Waals surface area contributed by atoms with Crippen LogP contribution in [0.25, 0.3) is 0 Å². The van der Waals surface area contributed by atoms with Crippen LogP contribution in [0, 0.1) is 6.92 Å². The molecular formula is C13H13BrClNO. The second kappa shape index (κ2) is 5.25. The zero-order chi connectivity index (χ0) is 12.4. The fraction of sp³-hybridized carbons (Fsp3) is 0.231. The molecule has 90 valence electrons. The van der Waals surface area contributed by atoms with Gasteiger partial charge in [0.1, 0.15) is 5.76 Å². The van der Waals surface area contributed by atoms with Crippen LogP contribution in [-0.2, 0) is 0 Å². The van der Waals surface area contributed by atoms with Gasteiger partial charge in [-0.1, -0.05) is 23.7 Å². The van der Waals surface area contributed by atoms with Crippen LogP contribution in [0.2, 0.25) is 5.02 Å². The molecule has 0 saturated heterocycles. The lowest BCUT2D eigenvalue weighted by atomic mass is 10.0. The Bertz CT molecular complexity index is 524. The van der Waals surface area contributed by atoms with Gasteiger partial charge in [-0.15, -0.1) is 0 Å². The molecule has 2 aromatic rings. The predicted molar refractivity (Wildman–Crippen MR) is 73.5 cm³/mol. The molecule has 0 aliphatic carbocycles. The van der Waals surface area contributed by atoms with Gasteiger partial charge in [-0.2, -0.15) is 0 Å². The molecule has 1 heterocycles. The summed E-state index contributed by atoms with van der Waals surface area (Å²) in [5.41, 5.74) is 2.20. The first-order valence-electron chi connectivity index (χ1n) is 5.30. The van der Waals surface area contributed by atoms with Gasteiger partial charge in [0.2, 0.25) is 0 Å². The van der Waals surface area contributed by atoms with Gasteiger partial charge in [-0.3, -0.25) is 0 Å². The highest BCUT2D eigenvalue weighted by molar-refractivity contribution is 9.10. The van der Waals surface area contributed by atoms with Crippen molar-refractivity contribution in [1.29, 1.82) is 0 Å². The number of nitrogens with one attached hydrogen (secondary N) is 1. The number of hydrogen-bond acceptors (Lipinski definition) is 2. The molecule has 1 aromatic carbocycles. The van der Waals surface area contributed by atoms with Gasteiger partial charge >= 0.3 is 0 Å². The second-order valence-electron chi connectivity index (χ2n) is 3.87. The normalized spacial score (nSPS) is 12.7. The monoisotopic (exact) mass is 313 g/mol. The van der Waals surface area contributed by atoms with E-state index in [-0.39, 0.29) is 6.04 Å². The number of halogens is 2. The molecule has 0 bridgehead atoms. The van der Waals surface area contributed by atoms with Crippen LogP contribution in [0.5, 0.6) is 0 Å². The van der Waals surface area contributed by atoms with Gasteiger partial charge in [0.05, 0.1) is 6.04 Å². The lowest BCUT2D eigenvalue weighted by Crippen LogP contribution is -2.17. The minimum Gasteiger partial charge on any atom is -0.452 e. The summed E-state index contributed by atoms with van der Waals surface area (Å²) in [5, 5.41) is 4.02. The lowest BCUT2D eigenvalue weighted by Gasteiger charge is -2.15. The van der Waals surface area contributed by atoms with Gasteiger partial charge in [0, 0.05) is 5.02 Å². The topological polar surface area (TPSA) is 25.2 Å². The maximum atomic E-state index is 6.03. The first kappa shape index (κ1) is 12.7. The van der Waals surface area contributed by atoms with Gasteiger partial charge in [-0.05, 0) is 59.2 Å². The standard InChI is InChI=1S/C13H13BrClNO/c1-8-7-9(3-4-10(8)15)13(16-2)11-5-6-12(14)17-11/h3-7,13,16H,1-2H3. The largest absolute Gasteiger partial charge is 0.452 e. The molecule has 0 aliphatic heterocycles. The van der Waals surface area contributed by atoms with Crippen molar-refractivity contribution in [2.75, 3.05) is 7.05 Å². The molecule has 2 nitrogen and oxygen atoms in total. The third-order valence-electron chi connectivity index (χ3n) is 2.68. The molecule has 1 atom stereocenters. The summed E-state index contributed by atoms with van der Waals surface area (Å²) in [6.07, 6.45) is 0. The summed E-state index contributed by atoms with van der Waals surface area (Å²) in [5.74, 6) is 0.876. The smallest absolute Gasteiger partial charge is 0.169 e. The molecule has 1 aromatic heterocycles. The maximum absolute atomic E-state index is 6.03. The molecule has 0 spiro atoms. The summed E-state index contributed by atoms with van der Waals surface area (Å²) >= 11 is 9.34. The fourth-order valence-electron chi connectivity index (χ4n) is 1.80. The molecule has 0 saturated carbocycles. The second-order valence-corrected chi connectivity index (χ2v) is 5.06. The highest BCUT2D eigenvalue weighted by atomic mass is 79.9. The maximum Gasteiger partial charge on any atom is 0.169 e. The average Bonchev–Trinajstić information content (AvgIpc) is 2.71. The Balaban J connectivity index is 2.38. The van der Waals surface area contributed by atoms with E-state index in [1.807, 2.05) is 38.2 Å². The highest BCUT2D eigenvalue weighted by Gasteiger charge is 2.16. The van der Waals surface area contributed by atoms with Gasteiger partial charge in [-0.25, -0.2) is 0 Å². The number of aryl methyl sites for hydroxylation is 1. The lowest BCUT2D eigenvalue weighted by molar-refractivity contribution is 0.447. The van der Waals surface area contributed by atoms with Crippen LogP contribution in [0.15, 0.2) is 39.4 Å². The minimum atomic E-state index is 0.0391. The SMILES string of the molecule is CNC(c1ccc(Cl)c(C)c1)c1ccc(Br)o1. The van der Waals surface area contributed by atoms with E-state index in [9.17, 15) is 0 Å². The molecule has 0 fully saturated rings. The van der Waals surface area contributed by atoms with E-state index in [4.69, 9.17) is 16.0 Å². The van der Waals surface area contributed by atoms with E-state index in [2.05, 4.69) is 27.3 Å². The third-order valence-corrected chi connectivity index (χ3v) is 3.53. The highest BCUT2D eigenvalue weighted by Crippen LogP contribution is 2.28. The Morgan fingerprint density at radius 2 is 2.06 bits per heavy atom. The van der Waals surface area contributed by atoms with E-state index in [1.54, 1.807) is 0 Å². The van der Waals surface area contributed by atoms with Crippen molar-refractivity contribution in [1.82, 2.24) is 5.32 Å². The van der Waals surface area contributed by atoms with Gasteiger partial charge in [0.15, 0.2) is 4.67 Å². The van der Waals surface area contributed by atoms with Crippen LogP contribution >= 0.6 is 27.5 Å². The molecule has 0 aliphatic rings. The molecule has 2 rings (SSSR count). The molecular weight excluding hydrogens is 302 g/mol. The van der Waals surface area contributed by atoms with Crippen molar-refractivity contribution in [2.24, 2.45) is 0 Å². The Morgan fingerprint density at radius 1 is 1.29 bits per heavy atom. The minimum absolute atomic E-state index is 0.0391. The molecule has 4 heteroatoms. The van der Waals surface area contributed by atoms with Crippen LogP contribution in [0.3, 0.4) is 0 Å². The molecule has 17 heavy (non-hydrogen) atoms. The van der Waals surface area contributed by atoms with E-state index in [0.717, 1.165) is 26.6 Å². The van der Waals surface area contributed by atoms with Crippen molar-refractivity contribution in [3.63, 3.8) is 0 Å². The number of furan rings is 1. The Labute approximate surface area is 114 Å². The molecule has 1 N–H and O–H groups in total. The summed E-state index contributed by atoms with van der Waals surface area (Å²) in [6.45, 7) is 2.00. The third kappa shape index (κ3) is 2.73. The summed E-state index contributed by atoms with van der Waals surface area (Å²) in [6, 6.07) is 9.87. The van der Waals surface area contributed by atoms with Crippen molar-refractivity contribution in [3.05, 3.63) is 56.9 Å².